The van der Waals surface area contributed by atoms with Crippen LogP contribution in [0.4, 0.5) is 11.4 Å². The van der Waals surface area contributed by atoms with Gasteiger partial charge in [-0.2, -0.15) is 5.26 Å². The van der Waals surface area contributed by atoms with Crippen LogP contribution in [0, 0.1) is 18.3 Å². The van der Waals surface area contributed by atoms with Crippen molar-refractivity contribution in [3.63, 3.8) is 0 Å². The predicted molar refractivity (Wildman–Crippen MR) is 82.7 cm³/mol. The molecular weight excluding hydrogens is 286 g/mol. The van der Waals surface area contributed by atoms with Gasteiger partial charge in [0, 0.05) is 12.7 Å². The number of hydrogen-bond donors (Lipinski definition) is 2. The molecule has 0 aliphatic carbocycles. The average molecular weight is 301 g/mol. The molecule has 0 atom stereocenters. The maximum absolute atomic E-state index is 12.3. The van der Waals surface area contributed by atoms with Gasteiger partial charge < -0.3 is 5.32 Å². The Labute approximate surface area is 124 Å². The summed E-state index contributed by atoms with van der Waals surface area (Å²) in [5, 5.41) is 12.1. The average Bonchev–Trinajstić information content (AvgIpc) is 2.47. The summed E-state index contributed by atoms with van der Waals surface area (Å²) < 4.78 is 27.1. The highest BCUT2D eigenvalue weighted by Gasteiger charge is 2.16. The fourth-order valence-corrected chi connectivity index (χ4v) is 2.98. The summed E-state index contributed by atoms with van der Waals surface area (Å²) in [6, 6.07) is 13.4. The molecule has 0 amide bonds. The van der Waals surface area contributed by atoms with Crippen LogP contribution < -0.4 is 10.0 Å². The van der Waals surface area contributed by atoms with Crippen molar-refractivity contribution in [2.75, 3.05) is 17.1 Å². The molecule has 2 rings (SSSR count). The molecule has 0 fully saturated rings. The third kappa shape index (κ3) is 3.15. The van der Waals surface area contributed by atoms with Gasteiger partial charge in [0.15, 0.2) is 0 Å². The predicted octanol–water partition coefficient (Wildman–Crippen LogP) is 2.71. The van der Waals surface area contributed by atoms with E-state index in [-0.39, 0.29) is 10.6 Å². The van der Waals surface area contributed by atoms with Crippen LogP contribution in [-0.2, 0) is 10.0 Å². The van der Waals surface area contributed by atoms with Crippen LogP contribution in [0.2, 0.25) is 0 Å². The molecule has 0 radical (unpaired) electrons. The van der Waals surface area contributed by atoms with E-state index in [1.807, 2.05) is 6.07 Å². The van der Waals surface area contributed by atoms with Crippen LogP contribution in [0.15, 0.2) is 47.4 Å². The highest BCUT2D eigenvalue weighted by molar-refractivity contribution is 7.92. The van der Waals surface area contributed by atoms with E-state index in [4.69, 9.17) is 5.26 Å². The van der Waals surface area contributed by atoms with Gasteiger partial charge in [-0.15, -0.1) is 0 Å². The van der Waals surface area contributed by atoms with Crippen LogP contribution >= 0.6 is 0 Å². The normalized spacial score (nSPS) is 10.7. The first-order valence-electron chi connectivity index (χ1n) is 6.28. The van der Waals surface area contributed by atoms with Crippen molar-refractivity contribution in [1.82, 2.24) is 0 Å². The van der Waals surface area contributed by atoms with Gasteiger partial charge in [-0.3, -0.25) is 4.72 Å². The second-order valence-corrected chi connectivity index (χ2v) is 6.17. The van der Waals surface area contributed by atoms with Crippen LogP contribution in [-0.4, -0.2) is 15.5 Å². The molecule has 0 aromatic heterocycles. The summed E-state index contributed by atoms with van der Waals surface area (Å²) in [5.41, 5.74) is 2.16. The highest BCUT2D eigenvalue weighted by atomic mass is 32.2. The molecule has 21 heavy (non-hydrogen) atoms. The van der Waals surface area contributed by atoms with Gasteiger partial charge in [-0.1, -0.05) is 12.1 Å². The molecule has 2 aromatic rings. The molecule has 0 unspecified atom stereocenters. The van der Waals surface area contributed by atoms with E-state index in [2.05, 4.69) is 10.0 Å². The number of nitrogens with zero attached hydrogens (tertiary/aromatic N) is 1. The molecule has 0 aliphatic heterocycles. The molecule has 108 valence electrons. The first-order chi connectivity index (χ1) is 9.97. The smallest absolute Gasteiger partial charge is 0.261 e. The van der Waals surface area contributed by atoms with Crippen molar-refractivity contribution in [2.24, 2.45) is 0 Å². The Morgan fingerprint density at radius 3 is 2.33 bits per heavy atom. The van der Waals surface area contributed by atoms with Crippen LogP contribution in [0.5, 0.6) is 0 Å². The van der Waals surface area contributed by atoms with Crippen molar-refractivity contribution >= 4 is 21.4 Å². The summed E-state index contributed by atoms with van der Waals surface area (Å²) in [6.45, 7) is 1.76. The Hall–Kier alpha value is -2.52. The largest absolute Gasteiger partial charge is 0.388 e. The number of nitriles is 1. The zero-order valence-corrected chi connectivity index (χ0v) is 12.5. The first kappa shape index (κ1) is 14.9. The Morgan fingerprint density at radius 2 is 1.76 bits per heavy atom. The van der Waals surface area contributed by atoms with E-state index in [0.717, 1.165) is 11.3 Å². The Bertz CT molecular complexity index is 791. The Balaban J connectivity index is 2.38. The van der Waals surface area contributed by atoms with E-state index >= 15 is 0 Å². The van der Waals surface area contributed by atoms with Crippen molar-refractivity contribution < 1.29 is 8.42 Å². The number of hydrogen-bond acceptors (Lipinski definition) is 4. The van der Waals surface area contributed by atoms with E-state index in [9.17, 15) is 8.42 Å². The molecule has 0 saturated carbocycles. The minimum atomic E-state index is -3.72. The van der Waals surface area contributed by atoms with Gasteiger partial charge in [-0.05, 0) is 42.8 Å². The summed E-state index contributed by atoms with van der Waals surface area (Å²) in [7, 11) is -1.96. The summed E-state index contributed by atoms with van der Waals surface area (Å²) >= 11 is 0. The number of nitrogens with one attached hydrogen (secondary N) is 2. The Morgan fingerprint density at radius 1 is 1.10 bits per heavy atom. The number of sulfonamides is 1. The summed E-state index contributed by atoms with van der Waals surface area (Å²) in [6.07, 6.45) is 0. The van der Waals surface area contributed by atoms with Gasteiger partial charge in [-0.25, -0.2) is 8.42 Å². The van der Waals surface area contributed by atoms with Gasteiger partial charge in [0.05, 0.1) is 16.1 Å². The number of anilines is 2. The lowest BCUT2D eigenvalue weighted by atomic mass is 10.1. The fraction of sp³-hybridized carbons (Fsp3) is 0.133. The molecule has 2 N–H and O–H groups in total. The van der Waals surface area contributed by atoms with Crippen LogP contribution in [0.25, 0.3) is 0 Å². The molecule has 0 aliphatic rings. The van der Waals surface area contributed by atoms with Crippen LogP contribution in [0.3, 0.4) is 0 Å². The standard InChI is InChI=1S/C15H15N3O2S/c1-11-4-3-5-15(14(11)10-16)18-21(19,20)13-8-6-12(17-2)7-9-13/h3-9,17-18H,1-2H3. The number of benzene rings is 2. The molecule has 0 heterocycles. The van der Waals surface area contributed by atoms with E-state index in [0.29, 0.717) is 5.56 Å². The van der Waals surface area contributed by atoms with Crippen molar-refractivity contribution in [3.05, 3.63) is 53.6 Å². The Kier molecular flexibility index (Phi) is 4.15. The monoisotopic (exact) mass is 301 g/mol. The highest BCUT2D eigenvalue weighted by Crippen LogP contribution is 2.22. The lowest BCUT2D eigenvalue weighted by Crippen LogP contribution is -2.14. The minimum absolute atomic E-state index is 0.145. The van der Waals surface area contributed by atoms with E-state index < -0.39 is 10.0 Å². The molecular formula is C15H15N3O2S. The van der Waals surface area contributed by atoms with E-state index in [1.165, 1.54) is 12.1 Å². The molecule has 6 heteroatoms. The molecule has 0 saturated heterocycles. The molecule has 0 spiro atoms. The topological polar surface area (TPSA) is 82.0 Å². The van der Waals surface area contributed by atoms with Crippen molar-refractivity contribution in [2.45, 2.75) is 11.8 Å². The zero-order chi connectivity index (χ0) is 15.5. The first-order valence-corrected chi connectivity index (χ1v) is 7.76. The maximum atomic E-state index is 12.3. The van der Waals surface area contributed by atoms with Gasteiger partial charge in [0.2, 0.25) is 0 Å². The third-order valence-corrected chi connectivity index (χ3v) is 4.46. The van der Waals surface area contributed by atoms with Crippen LogP contribution in [0.1, 0.15) is 11.1 Å². The quantitative estimate of drug-likeness (QED) is 0.909. The summed E-state index contributed by atoms with van der Waals surface area (Å²) in [4.78, 5) is 0.145. The number of aryl methyl sites for hydroxylation is 1. The molecule has 0 bridgehead atoms. The van der Waals surface area contributed by atoms with Crippen molar-refractivity contribution in [1.29, 1.82) is 5.26 Å². The van der Waals surface area contributed by atoms with Gasteiger partial charge >= 0.3 is 0 Å². The lowest BCUT2D eigenvalue weighted by molar-refractivity contribution is 0.601. The molecule has 2 aromatic carbocycles. The third-order valence-electron chi connectivity index (χ3n) is 3.08. The summed E-state index contributed by atoms with van der Waals surface area (Å²) in [5.74, 6) is 0. The second-order valence-electron chi connectivity index (χ2n) is 4.49. The zero-order valence-electron chi connectivity index (χ0n) is 11.7. The van der Waals surface area contributed by atoms with Gasteiger partial charge in [0.25, 0.3) is 10.0 Å². The second kappa shape index (κ2) is 5.85. The maximum Gasteiger partial charge on any atom is 0.261 e. The SMILES string of the molecule is CNc1ccc(S(=O)(=O)Nc2cccc(C)c2C#N)cc1. The fourth-order valence-electron chi connectivity index (χ4n) is 1.91. The number of rotatable bonds is 4. The lowest BCUT2D eigenvalue weighted by Gasteiger charge is -2.11. The van der Waals surface area contributed by atoms with Gasteiger partial charge in [0.1, 0.15) is 6.07 Å². The minimum Gasteiger partial charge on any atom is -0.388 e. The van der Waals surface area contributed by atoms with E-state index in [1.54, 1.807) is 44.3 Å². The van der Waals surface area contributed by atoms with Crippen molar-refractivity contribution in [3.8, 4) is 6.07 Å². The molecule has 5 nitrogen and oxygen atoms in total.